The van der Waals surface area contributed by atoms with Gasteiger partial charge in [0, 0.05) is 24.2 Å². The molecule has 1 fully saturated rings. The van der Waals surface area contributed by atoms with Gasteiger partial charge in [-0.05, 0) is 25.2 Å². The Kier molecular flexibility index (Phi) is 4.29. The average Bonchev–Trinajstić information content (AvgIpc) is 3.14. The van der Waals surface area contributed by atoms with Crippen LogP contribution in [0.25, 0.3) is 4.96 Å². The monoisotopic (exact) mass is 305 g/mol. The maximum atomic E-state index is 11.6. The van der Waals surface area contributed by atoms with Gasteiger partial charge < -0.3 is 4.90 Å². The topological polar surface area (TPSA) is 37.6 Å². The highest BCUT2D eigenvalue weighted by Crippen LogP contribution is 2.31. The molecule has 0 saturated heterocycles. The number of thiazole rings is 1. The molecule has 5 heteroatoms. The molecule has 114 valence electrons. The molecule has 1 saturated carbocycles. The van der Waals surface area contributed by atoms with Crippen LogP contribution in [0.4, 0.5) is 5.82 Å². The quantitative estimate of drug-likeness (QED) is 0.757. The van der Waals surface area contributed by atoms with E-state index in [1.54, 1.807) is 11.3 Å². The van der Waals surface area contributed by atoms with E-state index < -0.39 is 0 Å². The van der Waals surface area contributed by atoms with E-state index in [4.69, 9.17) is 4.98 Å². The van der Waals surface area contributed by atoms with Crippen LogP contribution in [0.5, 0.6) is 0 Å². The molecule has 1 aliphatic rings. The van der Waals surface area contributed by atoms with Gasteiger partial charge in [-0.15, -0.1) is 11.3 Å². The first-order valence-electron chi connectivity index (χ1n) is 7.88. The number of fused-ring (bicyclic) bond motifs is 1. The molecule has 3 rings (SSSR count). The number of hydrogen-bond acceptors (Lipinski definition) is 4. The van der Waals surface area contributed by atoms with Crippen molar-refractivity contribution in [2.45, 2.75) is 52.0 Å². The molecule has 0 unspecified atom stereocenters. The Morgan fingerprint density at radius 3 is 2.90 bits per heavy atom. The Hall–Kier alpha value is -1.36. The second-order valence-corrected chi connectivity index (χ2v) is 7.18. The molecule has 4 nitrogen and oxygen atoms in total. The van der Waals surface area contributed by atoms with Crippen molar-refractivity contribution in [3.63, 3.8) is 0 Å². The summed E-state index contributed by atoms with van der Waals surface area (Å²) in [5, 5.41) is 1.98. The maximum absolute atomic E-state index is 11.6. The molecule has 2 aromatic rings. The third-order valence-corrected chi connectivity index (χ3v) is 5.13. The van der Waals surface area contributed by atoms with Crippen LogP contribution in [0.2, 0.25) is 0 Å². The van der Waals surface area contributed by atoms with Gasteiger partial charge in [0.1, 0.15) is 5.69 Å². The summed E-state index contributed by atoms with van der Waals surface area (Å²) in [6.45, 7) is 5.49. The average molecular weight is 305 g/mol. The Balaban J connectivity index is 1.95. The molecule has 0 amide bonds. The normalized spacial score (nSPS) is 16.1. The SMILES string of the molecule is CC(C)CCN(c1nc2sccn2c1C=O)C1CCCC1. The van der Waals surface area contributed by atoms with Crippen molar-refractivity contribution >= 4 is 28.4 Å². The van der Waals surface area contributed by atoms with Gasteiger partial charge in [0.2, 0.25) is 0 Å². The molecule has 21 heavy (non-hydrogen) atoms. The first-order valence-corrected chi connectivity index (χ1v) is 8.76. The number of imidazole rings is 1. The molecule has 0 atom stereocenters. The second kappa shape index (κ2) is 6.18. The van der Waals surface area contributed by atoms with Crippen molar-refractivity contribution in [3.05, 3.63) is 17.3 Å². The minimum Gasteiger partial charge on any atom is -0.352 e. The van der Waals surface area contributed by atoms with Gasteiger partial charge in [-0.1, -0.05) is 26.7 Å². The van der Waals surface area contributed by atoms with E-state index in [2.05, 4.69) is 18.7 Å². The molecule has 0 N–H and O–H groups in total. The number of nitrogens with zero attached hydrogens (tertiary/aromatic N) is 3. The van der Waals surface area contributed by atoms with Gasteiger partial charge in [0.25, 0.3) is 0 Å². The summed E-state index contributed by atoms with van der Waals surface area (Å²) >= 11 is 1.59. The van der Waals surface area contributed by atoms with Crippen LogP contribution < -0.4 is 4.90 Å². The van der Waals surface area contributed by atoms with Gasteiger partial charge in [-0.3, -0.25) is 9.20 Å². The van der Waals surface area contributed by atoms with Crippen LogP contribution in [0.15, 0.2) is 11.6 Å². The third kappa shape index (κ3) is 2.84. The smallest absolute Gasteiger partial charge is 0.196 e. The summed E-state index contributed by atoms with van der Waals surface area (Å²) in [6, 6.07) is 0.548. The second-order valence-electron chi connectivity index (χ2n) is 6.31. The molecule has 0 bridgehead atoms. The largest absolute Gasteiger partial charge is 0.352 e. The predicted molar refractivity (Wildman–Crippen MR) is 87.5 cm³/mol. The van der Waals surface area contributed by atoms with E-state index >= 15 is 0 Å². The summed E-state index contributed by atoms with van der Waals surface area (Å²) in [5.41, 5.74) is 0.710. The van der Waals surface area contributed by atoms with Crippen molar-refractivity contribution < 1.29 is 4.79 Å². The summed E-state index contributed by atoms with van der Waals surface area (Å²) in [4.78, 5) is 19.6. The fraction of sp³-hybridized carbons (Fsp3) is 0.625. The van der Waals surface area contributed by atoms with E-state index in [9.17, 15) is 4.79 Å². The summed E-state index contributed by atoms with van der Waals surface area (Å²) in [6.07, 6.45) is 9.07. The molecule has 2 heterocycles. The van der Waals surface area contributed by atoms with Gasteiger partial charge >= 0.3 is 0 Å². The zero-order valence-corrected chi connectivity index (χ0v) is 13.6. The van der Waals surface area contributed by atoms with Crippen molar-refractivity contribution in [2.24, 2.45) is 5.92 Å². The number of aromatic nitrogens is 2. The van der Waals surface area contributed by atoms with Gasteiger partial charge in [-0.2, -0.15) is 0 Å². The fourth-order valence-corrected chi connectivity index (χ4v) is 3.90. The number of carbonyl (C=O) groups is 1. The third-order valence-electron chi connectivity index (χ3n) is 4.38. The van der Waals surface area contributed by atoms with E-state index in [1.807, 2.05) is 16.0 Å². The minimum atomic E-state index is 0.548. The number of rotatable bonds is 6. The lowest BCUT2D eigenvalue weighted by molar-refractivity contribution is 0.111. The Bertz CT molecular complexity index is 610. The summed E-state index contributed by atoms with van der Waals surface area (Å²) in [5.74, 6) is 1.56. The molecular formula is C16H23N3OS. The number of carbonyl (C=O) groups excluding carboxylic acids is 1. The Morgan fingerprint density at radius 1 is 1.48 bits per heavy atom. The zero-order chi connectivity index (χ0) is 14.8. The van der Waals surface area contributed by atoms with Crippen molar-refractivity contribution in [3.8, 4) is 0 Å². The number of aldehydes is 1. The number of hydrogen-bond donors (Lipinski definition) is 0. The molecule has 2 aromatic heterocycles. The van der Waals surface area contributed by atoms with Crippen LogP contribution in [0.3, 0.4) is 0 Å². The van der Waals surface area contributed by atoms with Crippen molar-refractivity contribution in [2.75, 3.05) is 11.4 Å². The molecule has 0 spiro atoms. The lowest BCUT2D eigenvalue weighted by Gasteiger charge is -2.30. The first kappa shape index (κ1) is 14.6. The Morgan fingerprint density at radius 2 is 2.24 bits per heavy atom. The molecule has 1 aliphatic carbocycles. The first-order chi connectivity index (χ1) is 10.2. The highest BCUT2D eigenvalue weighted by molar-refractivity contribution is 7.15. The lowest BCUT2D eigenvalue weighted by atomic mass is 10.1. The highest BCUT2D eigenvalue weighted by Gasteiger charge is 2.27. The van der Waals surface area contributed by atoms with Crippen LogP contribution in [-0.2, 0) is 0 Å². The van der Waals surface area contributed by atoms with E-state index in [1.165, 1.54) is 25.7 Å². The fourth-order valence-electron chi connectivity index (χ4n) is 3.19. The minimum absolute atomic E-state index is 0.548. The van der Waals surface area contributed by atoms with Gasteiger partial charge in [0.05, 0.1) is 0 Å². The predicted octanol–water partition coefficient (Wildman–Crippen LogP) is 4.00. The number of anilines is 1. The van der Waals surface area contributed by atoms with Crippen LogP contribution in [0.1, 0.15) is 56.4 Å². The molecule has 0 radical (unpaired) electrons. The van der Waals surface area contributed by atoms with Gasteiger partial charge in [-0.25, -0.2) is 4.98 Å². The summed E-state index contributed by atoms with van der Waals surface area (Å²) in [7, 11) is 0. The Labute approximate surface area is 129 Å². The van der Waals surface area contributed by atoms with Crippen LogP contribution in [0, 0.1) is 5.92 Å². The lowest BCUT2D eigenvalue weighted by Crippen LogP contribution is -2.35. The van der Waals surface area contributed by atoms with E-state index in [-0.39, 0.29) is 0 Å². The molecule has 0 aliphatic heterocycles. The maximum Gasteiger partial charge on any atom is 0.196 e. The van der Waals surface area contributed by atoms with E-state index in [0.29, 0.717) is 17.7 Å². The van der Waals surface area contributed by atoms with Crippen molar-refractivity contribution in [1.82, 2.24) is 9.38 Å². The standard InChI is InChI=1S/C16H23N3OS/c1-12(2)7-8-18(13-5-3-4-6-13)15-14(11-20)19-9-10-21-16(19)17-15/h9-13H,3-8H2,1-2H3. The highest BCUT2D eigenvalue weighted by atomic mass is 32.1. The summed E-state index contributed by atoms with van der Waals surface area (Å²) < 4.78 is 1.92. The molecule has 0 aromatic carbocycles. The van der Waals surface area contributed by atoms with Crippen LogP contribution in [-0.4, -0.2) is 28.3 Å². The van der Waals surface area contributed by atoms with Gasteiger partial charge in [0.15, 0.2) is 17.1 Å². The molecular weight excluding hydrogens is 282 g/mol. The zero-order valence-electron chi connectivity index (χ0n) is 12.8. The van der Waals surface area contributed by atoms with Crippen LogP contribution >= 0.6 is 11.3 Å². The van der Waals surface area contributed by atoms with E-state index in [0.717, 1.165) is 30.0 Å². The van der Waals surface area contributed by atoms with Crippen molar-refractivity contribution in [1.29, 1.82) is 0 Å².